The van der Waals surface area contributed by atoms with Gasteiger partial charge in [0.15, 0.2) is 0 Å². The molecule has 14 heteroatoms. The van der Waals surface area contributed by atoms with E-state index < -0.39 is 47.1 Å². The van der Waals surface area contributed by atoms with E-state index in [1.807, 2.05) is 57.5 Å². The van der Waals surface area contributed by atoms with E-state index in [9.17, 15) is 24.3 Å². The van der Waals surface area contributed by atoms with Gasteiger partial charge in [-0.3, -0.25) is 14.4 Å². The van der Waals surface area contributed by atoms with Crippen LogP contribution in [-0.2, 0) is 35.1 Å². The third kappa shape index (κ3) is 12.5. The SMILES string of the molecule is Cc1ncsc1-c1ccc(CNC(=O)[C@@H]2C[C@@H](O)CN2C(=O)[C@@H](NC(=O)COCCCOCCNC(=O)OC(C)(C)C)C(C)(C)C)cc1. The van der Waals surface area contributed by atoms with Gasteiger partial charge in [-0.05, 0) is 50.7 Å². The first-order chi connectivity index (χ1) is 22.5. The highest BCUT2D eigenvalue weighted by Crippen LogP contribution is 2.28. The lowest BCUT2D eigenvalue weighted by Crippen LogP contribution is -2.58. The first kappa shape index (κ1) is 38.9. The maximum Gasteiger partial charge on any atom is 0.407 e. The summed E-state index contributed by atoms with van der Waals surface area (Å²) in [6.45, 7) is 14.0. The predicted molar refractivity (Wildman–Crippen MR) is 182 cm³/mol. The summed E-state index contributed by atoms with van der Waals surface area (Å²) in [4.78, 5) is 58.2. The molecule has 1 saturated heterocycles. The van der Waals surface area contributed by atoms with Gasteiger partial charge in [-0.15, -0.1) is 11.3 Å². The number of nitrogens with zero attached hydrogens (tertiary/aromatic N) is 2. The topological polar surface area (TPSA) is 168 Å². The van der Waals surface area contributed by atoms with E-state index in [4.69, 9.17) is 14.2 Å². The lowest BCUT2D eigenvalue weighted by atomic mass is 9.85. The fraction of sp³-hybridized carbons (Fsp3) is 0.618. The van der Waals surface area contributed by atoms with Crippen molar-refractivity contribution < 1.29 is 38.5 Å². The number of β-amino-alcohol motifs (C(OH)–C–C–N with tert-alkyl or cyclic N) is 1. The molecule has 13 nitrogen and oxygen atoms in total. The zero-order chi connectivity index (χ0) is 35.5. The van der Waals surface area contributed by atoms with E-state index in [0.717, 1.165) is 21.7 Å². The molecule has 0 bridgehead atoms. The molecule has 0 spiro atoms. The van der Waals surface area contributed by atoms with E-state index in [2.05, 4.69) is 20.9 Å². The van der Waals surface area contributed by atoms with Crippen molar-refractivity contribution in [3.05, 3.63) is 41.0 Å². The minimum absolute atomic E-state index is 0.00788. The summed E-state index contributed by atoms with van der Waals surface area (Å²) >= 11 is 1.57. The quantitative estimate of drug-likeness (QED) is 0.205. The van der Waals surface area contributed by atoms with Gasteiger partial charge >= 0.3 is 6.09 Å². The number of hydrogen-bond acceptors (Lipinski definition) is 10. The van der Waals surface area contributed by atoms with E-state index in [1.165, 1.54) is 4.90 Å². The van der Waals surface area contributed by atoms with Gasteiger partial charge in [-0.2, -0.15) is 0 Å². The zero-order valence-electron chi connectivity index (χ0n) is 29.1. The number of aryl methyl sites for hydroxylation is 1. The van der Waals surface area contributed by atoms with Crippen molar-refractivity contribution in [3.63, 3.8) is 0 Å². The van der Waals surface area contributed by atoms with Gasteiger partial charge < -0.3 is 40.2 Å². The van der Waals surface area contributed by atoms with Crippen molar-refractivity contribution in [2.45, 2.75) is 91.6 Å². The Balaban J connectivity index is 1.44. The number of hydrogen-bond donors (Lipinski definition) is 4. The van der Waals surface area contributed by atoms with Crippen LogP contribution in [0.15, 0.2) is 29.8 Å². The van der Waals surface area contributed by atoms with Crippen LogP contribution >= 0.6 is 11.3 Å². The molecule has 2 heterocycles. The number of thiazole rings is 1. The van der Waals surface area contributed by atoms with Gasteiger partial charge in [0, 0.05) is 39.3 Å². The number of rotatable bonds is 15. The standard InChI is InChI=1S/C34H51N5O8S/c1-22-28(48-21-37-22)24-11-9-23(10-12-24)18-36-30(42)26-17-25(40)19-39(26)31(43)29(33(2,3)4)38-27(41)20-46-15-8-14-45-16-13-35-32(44)47-34(5,6)7/h9-12,21,25-26,29,40H,8,13-20H2,1-7H3,(H,35,44)(H,36,42)(H,38,41)/t25-,26+,29-/m1/s1. The molecule has 1 aromatic carbocycles. The van der Waals surface area contributed by atoms with Crippen molar-refractivity contribution in [1.29, 1.82) is 0 Å². The average Bonchev–Trinajstić information content (AvgIpc) is 3.61. The van der Waals surface area contributed by atoms with Crippen LogP contribution in [0.5, 0.6) is 0 Å². The van der Waals surface area contributed by atoms with Crippen molar-refractivity contribution in [2.24, 2.45) is 5.41 Å². The maximum absolute atomic E-state index is 13.8. The Bertz CT molecular complexity index is 1370. The summed E-state index contributed by atoms with van der Waals surface area (Å²) < 4.78 is 16.1. The third-order valence-corrected chi connectivity index (χ3v) is 8.41. The summed E-state index contributed by atoms with van der Waals surface area (Å²) in [5.41, 5.74) is 3.47. The first-order valence-corrected chi connectivity index (χ1v) is 17.1. The number of aliphatic hydroxyl groups excluding tert-OH is 1. The number of carbonyl (C=O) groups is 4. The Kier molecular flexibility index (Phi) is 14.3. The smallest absolute Gasteiger partial charge is 0.407 e. The molecule has 1 fully saturated rings. The number of amides is 4. The number of carbonyl (C=O) groups excluding carboxylic acids is 4. The van der Waals surface area contributed by atoms with Crippen molar-refractivity contribution >= 4 is 35.2 Å². The molecular formula is C34H51N5O8S. The number of benzene rings is 1. The van der Waals surface area contributed by atoms with E-state index in [1.54, 1.807) is 32.1 Å². The molecule has 2 aromatic rings. The lowest BCUT2D eigenvalue weighted by Gasteiger charge is -2.35. The van der Waals surface area contributed by atoms with Crippen LogP contribution in [0, 0.1) is 12.3 Å². The van der Waals surface area contributed by atoms with E-state index >= 15 is 0 Å². The number of alkyl carbamates (subject to hydrolysis) is 1. The van der Waals surface area contributed by atoms with Crippen molar-refractivity contribution in [1.82, 2.24) is 25.8 Å². The number of nitrogens with one attached hydrogen (secondary N) is 3. The van der Waals surface area contributed by atoms with E-state index in [0.29, 0.717) is 26.2 Å². The molecule has 48 heavy (non-hydrogen) atoms. The second-order valence-electron chi connectivity index (χ2n) is 13.9. The van der Waals surface area contributed by atoms with Crippen LogP contribution in [0.25, 0.3) is 10.4 Å². The second-order valence-corrected chi connectivity index (χ2v) is 14.7. The summed E-state index contributed by atoms with van der Waals surface area (Å²) in [5.74, 6) is -1.28. The fourth-order valence-corrected chi connectivity index (χ4v) is 5.86. The molecule has 1 aliphatic rings. The highest BCUT2D eigenvalue weighted by atomic mass is 32.1. The number of ether oxygens (including phenoxy) is 3. The molecule has 0 saturated carbocycles. The highest BCUT2D eigenvalue weighted by molar-refractivity contribution is 7.13. The van der Waals surface area contributed by atoms with Crippen LogP contribution in [0.2, 0.25) is 0 Å². The molecule has 3 rings (SSSR count). The number of likely N-dealkylation sites (tertiary alicyclic amines) is 1. The van der Waals surface area contributed by atoms with Gasteiger partial charge in [0.25, 0.3) is 0 Å². The Morgan fingerprint density at radius 1 is 1.02 bits per heavy atom. The van der Waals surface area contributed by atoms with Crippen molar-refractivity contribution in [3.8, 4) is 10.4 Å². The molecule has 4 N–H and O–H groups in total. The zero-order valence-corrected chi connectivity index (χ0v) is 29.9. The summed E-state index contributed by atoms with van der Waals surface area (Å²) in [6.07, 6.45) is -0.734. The Morgan fingerprint density at radius 2 is 1.71 bits per heavy atom. The molecule has 0 unspecified atom stereocenters. The van der Waals surface area contributed by atoms with Gasteiger partial charge in [-0.25, -0.2) is 9.78 Å². The maximum atomic E-state index is 13.8. The molecule has 0 aliphatic carbocycles. The molecule has 1 aliphatic heterocycles. The Morgan fingerprint density at radius 3 is 2.33 bits per heavy atom. The summed E-state index contributed by atoms with van der Waals surface area (Å²) in [5, 5.41) is 18.7. The number of aromatic nitrogens is 1. The van der Waals surface area contributed by atoms with Crippen LogP contribution in [0.1, 0.15) is 65.6 Å². The fourth-order valence-electron chi connectivity index (χ4n) is 5.05. The average molecular weight is 690 g/mol. The predicted octanol–water partition coefficient (Wildman–Crippen LogP) is 3.18. The molecule has 3 atom stereocenters. The minimum Gasteiger partial charge on any atom is -0.444 e. The first-order valence-electron chi connectivity index (χ1n) is 16.2. The minimum atomic E-state index is -0.947. The van der Waals surface area contributed by atoms with E-state index in [-0.39, 0.29) is 38.6 Å². The summed E-state index contributed by atoms with van der Waals surface area (Å²) in [7, 11) is 0. The van der Waals surface area contributed by atoms with Crippen LogP contribution in [-0.4, -0.2) is 102 Å². The Labute approximate surface area is 287 Å². The summed E-state index contributed by atoms with van der Waals surface area (Å²) in [6, 6.07) is 6.03. The molecule has 1 aromatic heterocycles. The molecule has 4 amide bonds. The van der Waals surface area contributed by atoms with Crippen LogP contribution in [0.4, 0.5) is 4.79 Å². The van der Waals surface area contributed by atoms with Crippen LogP contribution < -0.4 is 16.0 Å². The van der Waals surface area contributed by atoms with Gasteiger partial charge in [0.2, 0.25) is 17.7 Å². The largest absolute Gasteiger partial charge is 0.444 e. The molecule has 0 radical (unpaired) electrons. The third-order valence-electron chi connectivity index (χ3n) is 7.44. The number of aliphatic hydroxyl groups is 1. The monoisotopic (exact) mass is 689 g/mol. The molecule has 266 valence electrons. The van der Waals surface area contributed by atoms with Crippen LogP contribution in [0.3, 0.4) is 0 Å². The van der Waals surface area contributed by atoms with Gasteiger partial charge in [-0.1, -0.05) is 45.0 Å². The van der Waals surface area contributed by atoms with Crippen molar-refractivity contribution in [2.75, 3.05) is 39.5 Å². The molecular weight excluding hydrogens is 638 g/mol. The normalized spacial score (nSPS) is 17.1. The van der Waals surface area contributed by atoms with Gasteiger partial charge in [0.05, 0.1) is 28.8 Å². The lowest BCUT2D eigenvalue weighted by molar-refractivity contribution is -0.144. The van der Waals surface area contributed by atoms with Gasteiger partial charge in [0.1, 0.15) is 24.3 Å². The second kappa shape index (κ2) is 17.7. The Hall–Kier alpha value is -3.59. The highest BCUT2D eigenvalue weighted by Gasteiger charge is 2.44.